The number of carbonyl (C=O) groups excluding carboxylic acids is 1. The summed E-state index contributed by atoms with van der Waals surface area (Å²) in [4.78, 5) is 17.4. The summed E-state index contributed by atoms with van der Waals surface area (Å²) in [7, 11) is 1.89. The van der Waals surface area contributed by atoms with Crippen LogP contribution in [0.2, 0.25) is 0 Å². The molecular formula is C18H18N4OS. The molecule has 0 spiro atoms. The van der Waals surface area contributed by atoms with E-state index in [4.69, 9.17) is 0 Å². The molecule has 122 valence electrons. The fraction of sp³-hybridized carbons (Fsp3) is 0.167. The second-order valence-electron chi connectivity index (χ2n) is 5.26. The second-order valence-corrected chi connectivity index (χ2v) is 6.11. The third-order valence-corrected chi connectivity index (χ3v) is 4.48. The van der Waals surface area contributed by atoms with Crippen molar-refractivity contribution in [1.82, 2.24) is 20.1 Å². The average molecular weight is 338 g/mol. The molecule has 0 bridgehead atoms. The fourth-order valence-electron chi connectivity index (χ4n) is 2.50. The number of benzene rings is 1. The topological polar surface area (TPSA) is 59.8 Å². The Morgan fingerprint density at radius 1 is 1.21 bits per heavy atom. The Labute approximate surface area is 145 Å². The van der Waals surface area contributed by atoms with E-state index in [2.05, 4.69) is 15.4 Å². The first-order valence-corrected chi connectivity index (χ1v) is 8.76. The summed E-state index contributed by atoms with van der Waals surface area (Å²) in [5, 5.41) is 7.41. The van der Waals surface area contributed by atoms with Crippen molar-refractivity contribution in [2.45, 2.75) is 11.4 Å². The van der Waals surface area contributed by atoms with Gasteiger partial charge in [0.25, 0.3) is 5.91 Å². The van der Waals surface area contributed by atoms with Crippen molar-refractivity contribution in [2.75, 3.05) is 6.26 Å². The van der Waals surface area contributed by atoms with Crippen molar-refractivity contribution in [2.24, 2.45) is 7.05 Å². The van der Waals surface area contributed by atoms with Gasteiger partial charge in [-0.2, -0.15) is 5.10 Å². The number of aryl methyl sites for hydroxylation is 1. The number of thioether (sulfide) groups is 1. The van der Waals surface area contributed by atoms with Crippen molar-refractivity contribution in [3.63, 3.8) is 0 Å². The van der Waals surface area contributed by atoms with Crippen LogP contribution >= 0.6 is 11.8 Å². The first kappa shape index (κ1) is 16.3. The number of nitrogens with zero attached hydrogens (tertiary/aromatic N) is 3. The summed E-state index contributed by atoms with van der Waals surface area (Å²) in [6.07, 6.45) is 5.47. The van der Waals surface area contributed by atoms with Crippen LogP contribution in [0, 0.1) is 0 Å². The average Bonchev–Trinajstić information content (AvgIpc) is 3.01. The van der Waals surface area contributed by atoms with Crippen molar-refractivity contribution < 1.29 is 4.79 Å². The molecule has 0 saturated heterocycles. The van der Waals surface area contributed by atoms with Crippen LogP contribution in [-0.4, -0.2) is 26.9 Å². The Morgan fingerprint density at radius 2 is 1.96 bits per heavy atom. The lowest BCUT2D eigenvalue weighted by atomic mass is 10.2. The van der Waals surface area contributed by atoms with E-state index in [0.29, 0.717) is 12.1 Å². The van der Waals surface area contributed by atoms with E-state index < -0.39 is 0 Å². The van der Waals surface area contributed by atoms with Gasteiger partial charge in [0, 0.05) is 29.9 Å². The Balaban J connectivity index is 1.72. The van der Waals surface area contributed by atoms with Crippen LogP contribution in [0.25, 0.3) is 11.3 Å². The third-order valence-electron chi connectivity index (χ3n) is 3.69. The maximum Gasteiger partial charge on any atom is 0.252 e. The summed E-state index contributed by atoms with van der Waals surface area (Å²) in [6, 6.07) is 13.4. The molecule has 0 radical (unpaired) electrons. The van der Waals surface area contributed by atoms with E-state index in [9.17, 15) is 4.79 Å². The minimum absolute atomic E-state index is 0.0870. The van der Waals surface area contributed by atoms with Gasteiger partial charge < -0.3 is 5.32 Å². The number of hydrogen-bond acceptors (Lipinski definition) is 4. The van der Waals surface area contributed by atoms with E-state index >= 15 is 0 Å². The highest BCUT2D eigenvalue weighted by Crippen LogP contribution is 2.21. The lowest BCUT2D eigenvalue weighted by molar-refractivity contribution is 0.0947. The van der Waals surface area contributed by atoms with Gasteiger partial charge in [-0.3, -0.25) is 14.5 Å². The van der Waals surface area contributed by atoms with E-state index in [1.807, 2.05) is 60.4 Å². The predicted molar refractivity (Wildman–Crippen MR) is 95.8 cm³/mol. The Morgan fingerprint density at radius 3 is 2.71 bits per heavy atom. The van der Waals surface area contributed by atoms with Crippen molar-refractivity contribution >= 4 is 17.7 Å². The molecule has 6 heteroatoms. The van der Waals surface area contributed by atoms with Crippen LogP contribution in [0.15, 0.2) is 59.8 Å². The molecule has 24 heavy (non-hydrogen) atoms. The zero-order chi connectivity index (χ0) is 16.9. The molecule has 0 aliphatic heterocycles. The minimum Gasteiger partial charge on any atom is -0.346 e. The van der Waals surface area contributed by atoms with Gasteiger partial charge in [-0.05, 0) is 36.6 Å². The number of nitrogens with one attached hydrogen (secondary N) is 1. The van der Waals surface area contributed by atoms with Gasteiger partial charge in [0.2, 0.25) is 0 Å². The van der Waals surface area contributed by atoms with E-state index in [1.165, 1.54) is 0 Å². The number of aromatic nitrogens is 3. The Kier molecular flexibility index (Phi) is 4.96. The minimum atomic E-state index is -0.0870. The Bertz CT molecular complexity index is 845. The molecule has 0 aliphatic rings. The highest BCUT2D eigenvalue weighted by molar-refractivity contribution is 7.98. The monoisotopic (exact) mass is 338 g/mol. The van der Waals surface area contributed by atoms with Crippen LogP contribution in [-0.2, 0) is 13.6 Å². The van der Waals surface area contributed by atoms with Gasteiger partial charge in [-0.15, -0.1) is 11.8 Å². The van der Waals surface area contributed by atoms with Crippen LogP contribution in [0.3, 0.4) is 0 Å². The molecule has 1 amide bonds. The third kappa shape index (κ3) is 3.49. The van der Waals surface area contributed by atoms with Crippen molar-refractivity contribution in [1.29, 1.82) is 0 Å². The zero-order valence-electron chi connectivity index (χ0n) is 13.6. The SMILES string of the molecule is CSc1ccccc1C(=O)NCc1cc(-c2ccncc2)n(C)n1. The van der Waals surface area contributed by atoms with Crippen LogP contribution in [0.4, 0.5) is 0 Å². The summed E-state index contributed by atoms with van der Waals surface area (Å²) in [6.45, 7) is 0.389. The van der Waals surface area contributed by atoms with Gasteiger partial charge in [0.1, 0.15) is 0 Å². The Hall–Kier alpha value is -2.60. The standard InChI is InChI=1S/C18H18N4OS/c1-22-16(13-7-9-19-10-8-13)11-14(21-22)12-20-18(23)15-5-3-4-6-17(15)24-2/h3-11H,12H2,1-2H3,(H,20,23). The quantitative estimate of drug-likeness (QED) is 0.726. The second kappa shape index (κ2) is 7.31. The predicted octanol–water partition coefficient (Wildman–Crippen LogP) is 3.13. The number of amides is 1. The van der Waals surface area contributed by atoms with Crippen LogP contribution in [0.5, 0.6) is 0 Å². The highest BCUT2D eigenvalue weighted by Gasteiger charge is 2.12. The molecule has 3 aromatic rings. The molecule has 0 saturated carbocycles. The molecule has 2 heterocycles. The number of rotatable bonds is 5. The summed E-state index contributed by atoms with van der Waals surface area (Å²) >= 11 is 1.56. The summed E-state index contributed by atoms with van der Waals surface area (Å²) in [5.41, 5.74) is 3.55. The summed E-state index contributed by atoms with van der Waals surface area (Å²) in [5.74, 6) is -0.0870. The lowest BCUT2D eigenvalue weighted by Crippen LogP contribution is -2.23. The molecule has 5 nitrogen and oxygen atoms in total. The molecule has 0 atom stereocenters. The molecule has 3 rings (SSSR count). The van der Waals surface area contributed by atoms with Crippen molar-refractivity contribution in [3.8, 4) is 11.3 Å². The van der Waals surface area contributed by atoms with E-state index in [1.54, 1.807) is 24.2 Å². The largest absolute Gasteiger partial charge is 0.346 e. The lowest BCUT2D eigenvalue weighted by Gasteiger charge is -2.07. The van der Waals surface area contributed by atoms with E-state index in [0.717, 1.165) is 21.8 Å². The fourth-order valence-corrected chi connectivity index (χ4v) is 3.10. The zero-order valence-corrected chi connectivity index (χ0v) is 14.4. The van der Waals surface area contributed by atoms with Crippen LogP contribution < -0.4 is 5.32 Å². The summed E-state index contributed by atoms with van der Waals surface area (Å²) < 4.78 is 1.81. The maximum atomic E-state index is 12.4. The highest BCUT2D eigenvalue weighted by atomic mass is 32.2. The van der Waals surface area contributed by atoms with Gasteiger partial charge in [0.15, 0.2) is 0 Å². The van der Waals surface area contributed by atoms with Gasteiger partial charge in [-0.25, -0.2) is 0 Å². The smallest absolute Gasteiger partial charge is 0.252 e. The van der Waals surface area contributed by atoms with Gasteiger partial charge in [-0.1, -0.05) is 12.1 Å². The normalized spacial score (nSPS) is 10.6. The van der Waals surface area contributed by atoms with E-state index in [-0.39, 0.29) is 5.91 Å². The van der Waals surface area contributed by atoms with Gasteiger partial charge in [0.05, 0.1) is 23.5 Å². The number of hydrogen-bond donors (Lipinski definition) is 1. The molecular weight excluding hydrogens is 320 g/mol. The number of carbonyl (C=O) groups is 1. The van der Waals surface area contributed by atoms with Crippen LogP contribution in [0.1, 0.15) is 16.1 Å². The maximum absolute atomic E-state index is 12.4. The van der Waals surface area contributed by atoms with Crippen molar-refractivity contribution in [3.05, 3.63) is 66.1 Å². The molecule has 1 aromatic carbocycles. The first-order valence-electron chi connectivity index (χ1n) is 7.53. The van der Waals surface area contributed by atoms with Gasteiger partial charge >= 0.3 is 0 Å². The number of pyridine rings is 1. The molecule has 0 fully saturated rings. The molecule has 1 N–H and O–H groups in total. The molecule has 0 aliphatic carbocycles. The molecule has 2 aromatic heterocycles. The first-order chi connectivity index (χ1) is 11.7. The molecule has 0 unspecified atom stereocenters.